The molecule has 0 aliphatic heterocycles. The SMILES string of the molecule is c1ccc(COCCc2cccc(Oc3ccccc3)c2)cc1. The van der Waals surface area contributed by atoms with Gasteiger partial charge in [0.25, 0.3) is 0 Å². The van der Waals surface area contributed by atoms with Crippen molar-refractivity contribution in [3.05, 3.63) is 96.1 Å². The van der Waals surface area contributed by atoms with E-state index in [1.165, 1.54) is 11.1 Å². The third kappa shape index (κ3) is 4.97. The van der Waals surface area contributed by atoms with Gasteiger partial charge >= 0.3 is 0 Å². The lowest BCUT2D eigenvalue weighted by molar-refractivity contribution is 0.124. The minimum atomic E-state index is 0.654. The van der Waals surface area contributed by atoms with Gasteiger partial charge in [0, 0.05) is 0 Å². The topological polar surface area (TPSA) is 18.5 Å². The Kier molecular flexibility index (Phi) is 5.43. The Morgan fingerprint density at radius 3 is 2.04 bits per heavy atom. The van der Waals surface area contributed by atoms with E-state index in [0.29, 0.717) is 13.2 Å². The monoisotopic (exact) mass is 304 g/mol. The van der Waals surface area contributed by atoms with Crippen molar-refractivity contribution >= 4 is 0 Å². The highest BCUT2D eigenvalue weighted by Gasteiger charge is 2.00. The molecule has 0 N–H and O–H groups in total. The van der Waals surface area contributed by atoms with Gasteiger partial charge in [-0.1, -0.05) is 60.7 Å². The second kappa shape index (κ2) is 8.16. The molecule has 0 radical (unpaired) electrons. The maximum absolute atomic E-state index is 5.85. The lowest BCUT2D eigenvalue weighted by Gasteiger charge is -2.08. The highest BCUT2D eigenvalue weighted by atomic mass is 16.5. The zero-order chi connectivity index (χ0) is 15.7. The third-order valence-corrected chi connectivity index (χ3v) is 3.52. The summed E-state index contributed by atoms with van der Waals surface area (Å²) in [6.07, 6.45) is 0.874. The molecule has 0 fully saturated rings. The number of rotatable bonds is 7. The standard InChI is InChI=1S/C21H20O2/c1-3-8-19(9-4-1)17-22-15-14-18-10-7-13-21(16-18)23-20-11-5-2-6-12-20/h1-13,16H,14-15,17H2. The fourth-order valence-corrected chi connectivity index (χ4v) is 2.34. The van der Waals surface area contributed by atoms with Gasteiger partial charge in [-0.25, -0.2) is 0 Å². The van der Waals surface area contributed by atoms with Crippen molar-refractivity contribution in [1.29, 1.82) is 0 Å². The molecule has 0 amide bonds. The molecule has 0 heterocycles. The lowest BCUT2D eigenvalue weighted by atomic mass is 10.1. The molecule has 2 nitrogen and oxygen atoms in total. The lowest BCUT2D eigenvalue weighted by Crippen LogP contribution is -1.99. The van der Waals surface area contributed by atoms with Crippen molar-refractivity contribution in [2.24, 2.45) is 0 Å². The Balaban J connectivity index is 1.49. The van der Waals surface area contributed by atoms with Crippen LogP contribution in [0.1, 0.15) is 11.1 Å². The van der Waals surface area contributed by atoms with Crippen LogP contribution in [0, 0.1) is 0 Å². The number of ether oxygens (including phenoxy) is 2. The van der Waals surface area contributed by atoms with E-state index in [1.54, 1.807) is 0 Å². The summed E-state index contributed by atoms with van der Waals surface area (Å²) < 4.78 is 11.6. The summed E-state index contributed by atoms with van der Waals surface area (Å²) >= 11 is 0. The predicted octanol–water partition coefficient (Wildman–Crippen LogP) is 5.24. The molecule has 3 rings (SSSR count). The normalized spacial score (nSPS) is 10.4. The van der Waals surface area contributed by atoms with E-state index >= 15 is 0 Å². The summed E-state index contributed by atoms with van der Waals surface area (Å²) in [6.45, 7) is 1.35. The Morgan fingerprint density at radius 2 is 1.26 bits per heavy atom. The van der Waals surface area contributed by atoms with E-state index in [-0.39, 0.29) is 0 Å². The van der Waals surface area contributed by atoms with Crippen LogP contribution < -0.4 is 4.74 Å². The van der Waals surface area contributed by atoms with Gasteiger partial charge in [-0.3, -0.25) is 0 Å². The molecule has 0 saturated carbocycles. The van der Waals surface area contributed by atoms with Crippen LogP contribution in [0.4, 0.5) is 0 Å². The first-order valence-corrected chi connectivity index (χ1v) is 7.84. The molecule has 0 aliphatic carbocycles. The van der Waals surface area contributed by atoms with Crippen molar-refractivity contribution in [1.82, 2.24) is 0 Å². The number of hydrogen-bond acceptors (Lipinski definition) is 2. The van der Waals surface area contributed by atoms with Crippen molar-refractivity contribution in [2.45, 2.75) is 13.0 Å². The van der Waals surface area contributed by atoms with E-state index in [9.17, 15) is 0 Å². The van der Waals surface area contributed by atoms with Crippen molar-refractivity contribution in [3.63, 3.8) is 0 Å². The van der Waals surface area contributed by atoms with E-state index in [0.717, 1.165) is 17.9 Å². The molecule has 0 bridgehead atoms. The second-order valence-corrected chi connectivity index (χ2v) is 5.35. The van der Waals surface area contributed by atoms with Crippen molar-refractivity contribution < 1.29 is 9.47 Å². The van der Waals surface area contributed by atoms with Gasteiger partial charge in [0.15, 0.2) is 0 Å². The fourth-order valence-electron chi connectivity index (χ4n) is 2.34. The minimum absolute atomic E-state index is 0.654. The Labute approximate surface area is 137 Å². The zero-order valence-corrected chi connectivity index (χ0v) is 13.0. The molecule has 0 spiro atoms. The molecular formula is C21H20O2. The van der Waals surface area contributed by atoms with E-state index in [1.807, 2.05) is 60.7 Å². The quantitative estimate of drug-likeness (QED) is 0.556. The maximum atomic E-state index is 5.85. The van der Waals surface area contributed by atoms with Gasteiger partial charge in [0.05, 0.1) is 13.2 Å². The van der Waals surface area contributed by atoms with Crippen LogP contribution in [0.25, 0.3) is 0 Å². The van der Waals surface area contributed by atoms with E-state index < -0.39 is 0 Å². The molecule has 0 aromatic heterocycles. The van der Waals surface area contributed by atoms with Crippen LogP contribution in [0.5, 0.6) is 11.5 Å². The van der Waals surface area contributed by atoms with Crippen LogP contribution in [0.15, 0.2) is 84.9 Å². The van der Waals surface area contributed by atoms with Crippen molar-refractivity contribution in [3.8, 4) is 11.5 Å². The number of benzene rings is 3. The van der Waals surface area contributed by atoms with Gasteiger partial charge in [0.2, 0.25) is 0 Å². The number of para-hydroxylation sites is 1. The smallest absolute Gasteiger partial charge is 0.127 e. The predicted molar refractivity (Wildman–Crippen MR) is 92.8 cm³/mol. The molecule has 2 heteroatoms. The summed E-state index contributed by atoms with van der Waals surface area (Å²) in [4.78, 5) is 0. The van der Waals surface area contributed by atoms with Gasteiger partial charge in [-0.05, 0) is 41.8 Å². The summed E-state index contributed by atoms with van der Waals surface area (Å²) in [7, 11) is 0. The third-order valence-electron chi connectivity index (χ3n) is 3.52. The van der Waals surface area contributed by atoms with E-state index in [4.69, 9.17) is 9.47 Å². The Hall–Kier alpha value is -2.58. The second-order valence-electron chi connectivity index (χ2n) is 5.35. The first kappa shape index (κ1) is 15.3. The maximum Gasteiger partial charge on any atom is 0.127 e. The Bertz CT molecular complexity index is 708. The largest absolute Gasteiger partial charge is 0.457 e. The first-order chi connectivity index (χ1) is 11.4. The summed E-state index contributed by atoms with van der Waals surface area (Å²) in [5.41, 5.74) is 2.42. The minimum Gasteiger partial charge on any atom is -0.457 e. The molecule has 3 aromatic rings. The van der Waals surface area contributed by atoms with Crippen LogP contribution >= 0.6 is 0 Å². The van der Waals surface area contributed by atoms with Gasteiger partial charge in [0.1, 0.15) is 11.5 Å². The highest BCUT2D eigenvalue weighted by Crippen LogP contribution is 2.22. The van der Waals surface area contributed by atoms with Crippen LogP contribution in [0.2, 0.25) is 0 Å². The highest BCUT2D eigenvalue weighted by molar-refractivity contribution is 5.33. The first-order valence-electron chi connectivity index (χ1n) is 7.84. The average molecular weight is 304 g/mol. The van der Waals surface area contributed by atoms with Gasteiger partial charge in [-0.15, -0.1) is 0 Å². The summed E-state index contributed by atoms with van der Waals surface area (Å²) in [5.74, 6) is 1.71. The fraction of sp³-hybridized carbons (Fsp3) is 0.143. The molecule has 0 atom stereocenters. The number of hydrogen-bond donors (Lipinski definition) is 0. The molecule has 3 aromatic carbocycles. The molecular weight excluding hydrogens is 284 g/mol. The van der Waals surface area contributed by atoms with Crippen LogP contribution in [0.3, 0.4) is 0 Å². The zero-order valence-electron chi connectivity index (χ0n) is 13.0. The Morgan fingerprint density at radius 1 is 0.609 bits per heavy atom. The van der Waals surface area contributed by atoms with Gasteiger partial charge < -0.3 is 9.47 Å². The average Bonchev–Trinajstić information content (AvgIpc) is 2.61. The molecule has 0 unspecified atom stereocenters. The molecule has 116 valence electrons. The van der Waals surface area contributed by atoms with Crippen LogP contribution in [-0.2, 0) is 17.8 Å². The molecule has 0 saturated heterocycles. The van der Waals surface area contributed by atoms with Crippen LogP contribution in [-0.4, -0.2) is 6.61 Å². The van der Waals surface area contributed by atoms with E-state index in [2.05, 4.69) is 24.3 Å². The van der Waals surface area contributed by atoms with Crippen molar-refractivity contribution in [2.75, 3.05) is 6.61 Å². The molecule has 0 aliphatic rings. The van der Waals surface area contributed by atoms with Gasteiger partial charge in [-0.2, -0.15) is 0 Å². The summed E-state index contributed by atoms with van der Waals surface area (Å²) in [5, 5.41) is 0. The molecule has 23 heavy (non-hydrogen) atoms. The summed E-state index contributed by atoms with van der Waals surface area (Å²) in [6, 6.07) is 28.2.